The minimum Gasteiger partial charge on any atom is -0.497 e. The van der Waals surface area contributed by atoms with Crippen molar-refractivity contribution in [1.29, 1.82) is 5.26 Å². The number of ether oxygens (including phenoxy) is 2. The molecule has 6 rings (SSSR count). The lowest BCUT2D eigenvalue weighted by atomic mass is 9.85. The van der Waals surface area contributed by atoms with Gasteiger partial charge in [-0.15, -0.1) is 0 Å². The molecule has 4 nitrogen and oxygen atoms in total. The maximum atomic E-state index is 10.6. The molecule has 0 bridgehead atoms. The standard InChI is InChI=1S/C31H25ClN2O2/c1-35-23-12-13-30-26(17-23)31-24(14-16-36-30)25(20-8-10-22(32)11-9-20)18-29(27(31)19-33)34-15-4-6-21-5-2-3-7-28(21)34/h2-3,5,7-13,17-18H,4,6,14-16H2,1H3. The van der Waals surface area contributed by atoms with Gasteiger partial charge >= 0.3 is 0 Å². The fourth-order valence-corrected chi connectivity index (χ4v) is 5.61. The Labute approximate surface area is 216 Å². The number of para-hydroxylation sites is 1. The maximum absolute atomic E-state index is 10.6. The van der Waals surface area contributed by atoms with Crippen LogP contribution in [0.1, 0.15) is 23.1 Å². The average Bonchev–Trinajstić information content (AvgIpc) is 3.12. The Hall–Kier alpha value is -3.94. The summed E-state index contributed by atoms with van der Waals surface area (Å²) >= 11 is 6.24. The normalized spacial score (nSPS) is 14.0. The first-order valence-electron chi connectivity index (χ1n) is 12.2. The number of nitrogens with zero attached hydrogens (tertiary/aromatic N) is 2. The van der Waals surface area contributed by atoms with Gasteiger partial charge in [-0.1, -0.05) is 41.9 Å². The first kappa shape index (κ1) is 22.5. The summed E-state index contributed by atoms with van der Waals surface area (Å²) in [6, 6.07) is 27.0. The molecule has 0 aliphatic carbocycles. The van der Waals surface area contributed by atoms with E-state index in [2.05, 4.69) is 53.4 Å². The minimum atomic E-state index is 0.531. The van der Waals surface area contributed by atoms with Crippen molar-refractivity contribution in [3.63, 3.8) is 0 Å². The molecule has 0 amide bonds. The molecule has 36 heavy (non-hydrogen) atoms. The number of benzene rings is 4. The summed E-state index contributed by atoms with van der Waals surface area (Å²) in [6.07, 6.45) is 2.76. The SMILES string of the molecule is COc1ccc2c(c1)-c1c(C#N)c(N3CCCc4ccccc43)cc(-c3ccc(Cl)cc3)c1CCO2. The minimum absolute atomic E-state index is 0.531. The number of methoxy groups -OCH3 is 1. The molecule has 0 fully saturated rings. The van der Waals surface area contributed by atoms with Crippen molar-refractivity contribution in [3.05, 3.63) is 94.5 Å². The molecule has 2 heterocycles. The van der Waals surface area contributed by atoms with Gasteiger partial charge in [0.25, 0.3) is 0 Å². The molecule has 178 valence electrons. The van der Waals surface area contributed by atoms with Gasteiger partial charge in [-0.25, -0.2) is 0 Å². The quantitative estimate of drug-likeness (QED) is 0.296. The molecule has 4 aromatic rings. The molecule has 0 N–H and O–H groups in total. The largest absolute Gasteiger partial charge is 0.497 e. The van der Waals surface area contributed by atoms with Crippen LogP contribution in [-0.4, -0.2) is 20.3 Å². The highest BCUT2D eigenvalue weighted by Gasteiger charge is 2.29. The van der Waals surface area contributed by atoms with Crippen LogP contribution < -0.4 is 14.4 Å². The molecule has 0 unspecified atom stereocenters. The Morgan fingerprint density at radius 2 is 1.78 bits per heavy atom. The average molecular weight is 493 g/mol. The van der Waals surface area contributed by atoms with Gasteiger partial charge < -0.3 is 14.4 Å². The first-order chi connectivity index (χ1) is 17.7. The van der Waals surface area contributed by atoms with Crippen molar-refractivity contribution in [2.45, 2.75) is 19.3 Å². The number of hydrogen-bond acceptors (Lipinski definition) is 4. The molecule has 4 aromatic carbocycles. The van der Waals surface area contributed by atoms with Gasteiger partial charge in [-0.3, -0.25) is 0 Å². The van der Waals surface area contributed by atoms with Crippen LogP contribution in [0.15, 0.2) is 72.8 Å². The van der Waals surface area contributed by atoms with Crippen molar-refractivity contribution in [2.24, 2.45) is 0 Å². The Morgan fingerprint density at radius 1 is 0.944 bits per heavy atom. The van der Waals surface area contributed by atoms with Crippen LogP contribution in [0.4, 0.5) is 11.4 Å². The lowest BCUT2D eigenvalue weighted by Crippen LogP contribution is -2.25. The monoisotopic (exact) mass is 492 g/mol. The fraction of sp³-hybridized carbons (Fsp3) is 0.194. The van der Waals surface area contributed by atoms with E-state index in [9.17, 15) is 5.26 Å². The number of aryl methyl sites for hydroxylation is 1. The number of nitriles is 1. The van der Waals surface area contributed by atoms with E-state index in [4.69, 9.17) is 21.1 Å². The van der Waals surface area contributed by atoms with E-state index < -0.39 is 0 Å². The molecule has 2 aliphatic rings. The van der Waals surface area contributed by atoms with E-state index in [1.165, 1.54) is 5.56 Å². The number of anilines is 2. The zero-order valence-electron chi connectivity index (χ0n) is 20.1. The third-order valence-electron chi connectivity index (χ3n) is 7.15. The summed E-state index contributed by atoms with van der Waals surface area (Å²) < 4.78 is 11.7. The number of rotatable bonds is 3. The Bertz CT molecular complexity index is 1500. The van der Waals surface area contributed by atoms with E-state index in [1.54, 1.807) is 7.11 Å². The van der Waals surface area contributed by atoms with Gasteiger partial charge in [0.2, 0.25) is 0 Å². The fourth-order valence-electron chi connectivity index (χ4n) is 5.48. The summed E-state index contributed by atoms with van der Waals surface area (Å²) in [5, 5.41) is 11.3. The highest BCUT2D eigenvalue weighted by atomic mass is 35.5. The van der Waals surface area contributed by atoms with Crippen molar-refractivity contribution in [3.8, 4) is 39.8 Å². The lowest BCUT2D eigenvalue weighted by molar-refractivity contribution is 0.326. The van der Waals surface area contributed by atoms with Gasteiger partial charge in [0.05, 0.1) is 25.0 Å². The van der Waals surface area contributed by atoms with Crippen LogP contribution in [0.5, 0.6) is 11.5 Å². The van der Waals surface area contributed by atoms with Crippen molar-refractivity contribution in [1.82, 2.24) is 0 Å². The van der Waals surface area contributed by atoms with Crippen molar-refractivity contribution < 1.29 is 9.47 Å². The molecule has 5 heteroatoms. The van der Waals surface area contributed by atoms with Gasteiger partial charge in [-0.2, -0.15) is 5.26 Å². The third-order valence-corrected chi connectivity index (χ3v) is 7.40. The predicted molar refractivity (Wildman–Crippen MR) is 145 cm³/mol. The van der Waals surface area contributed by atoms with Gasteiger partial charge in [0.1, 0.15) is 17.6 Å². The topological polar surface area (TPSA) is 45.5 Å². The Balaban J connectivity index is 1.69. The van der Waals surface area contributed by atoms with Crippen LogP contribution in [0.3, 0.4) is 0 Å². The number of hydrogen-bond donors (Lipinski definition) is 0. The van der Waals surface area contributed by atoms with Crippen LogP contribution >= 0.6 is 11.6 Å². The van der Waals surface area contributed by atoms with E-state index in [1.807, 2.05) is 30.3 Å². The predicted octanol–water partition coefficient (Wildman–Crippen LogP) is 7.57. The molecule has 2 aliphatic heterocycles. The summed E-state index contributed by atoms with van der Waals surface area (Å²) in [7, 11) is 1.66. The van der Waals surface area contributed by atoms with Crippen LogP contribution in [0.2, 0.25) is 5.02 Å². The zero-order chi connectivity index (χ0) is 24.6. The number of fused-ring (bicyclic) bond motifs is 4. The second kappa shape index (κ2) is 9.26. The summed E-state index contributed by atoms with van der Waals surface area (Å²) in [5.74, 6) is 1.50. The Kier molecular flexibility index (Phi) is 5.79. The molecule has 0 saturated heterocycles. The Morgan fingerprint density at radius 3 is 2.58 bits per heavy atom. The second-order valence-corrected chi connectivity index (χ2v) is 9.57. The van der Waals surface area contributed by atoms with Crippen LogP contribution in [0.25, 0.3) is 22.3 Å². The third kappa shape index (κ3) is 3.77. The molecule has 0 saturated carbocycles. The maximum Gasteiger partial charge on any atom is 0.127 e. The molecule has 0 aromatic heterocycles. The second-order valence-electron chi connectivity index (χ2n) is 9.13. The molecule has 0 atom stereocenters. The van der Waals surface area contributed by atoms with E-state index in [0.29, 0.717) is 23.6 Å². The summed E-state index contributed by atoms with van der Waals surface area (Å²) in [5.41, 5.74) is 9.14. The highest BCUT2D eigenvalue weighted by Crippen LogP contribution is 2.48. The van der Waals surface area contributed by atoms with Gasteiger partial charge in [0.15, 0.2) is 0 Å². The molecular formula is C31H25ClN2O2. The van der Waals surface area contributed by atoms with E-state index in [-0.39, 0.29) is 0 Å². The van der Waals surface area contributed by atoms with Crippen LogP contribution in [-0.2, 0) is 12.8 Å². The lowest BCUT2D eigenvalue weighted by Gasteiger charge is -2.33. The van der Waals surface area contributed by atoms with Crippen molar-refractivity contribution >= 4 is 23.0 Å². The van der Waals surface area contributed by atoms with Gasteiger partial charge in [0, 0.05) is 34.8 Å². The molecular weight excluding hydrogens is 468 g/mol. The smallest absolute Gasteiger partial charge is 0.127 e. The van der Waals surface area contributed by atoms with Gasteiger partial charge in [-0.05, 0) is 77.6 Å². The zero-order valence-corrected chi connectivity index (χ0v) is 20.8. The van der Waals surface area contributed by atoms with E-state index >= 15 is 0 Å². The molecule has 0 spiro atoms. The number of halogens is 1. The first-order valence-corrected chi connectivity index (χ1v) is 12.6. The molecule has 0 radical (unpaired) electrons. The van der Waals surface area contributed by atoms with E-state index in [0.717, 1.165) is 70.1 Å². The highest BCUT2D eigenvalue weighted by molar-refractivity contribution is 6.30. The van der Waals surface area contributed by atoms with Crippen molar-refractivity contribution in [2.75, 3.05) is 25.2 Å². The summed E-state index contributed by atoms with van der Waals surface area (Å²) in [6.45, 7) is 1.38. The summed E-state index contributed by atoms with van der Waals surface area (Å²) in [4.78, 5) is 2.31. The van der Waals surface area contributed by atoms with Crippen LogP contribution in [0, 0.1) is 11.3 Å².